The molecule has 0 spiro atoms. The van der Waals surface area contributed by atoms with Gasteiger partial charge in [-0.3, -0.25) is 4.79 Å². The summed E-state index contributed by atoms with van der Waals surface area (Å²) >= 11 is 5.96. The van der Waals surface area contributed by atoms with Crippen molar-refractivity contribution in [3.05, 3.63) is 34.9 Å². The molecule has 1 rings (SSSR count). The van der Waals surface area contributed by atoms with E-state index >= 15 is 0 Å². The first kappa shape index (κ1) is 15.0. The number of benzene rings is 1. The molecular formula is C14H21ClN2O. The van der Waals surface area contributed by atoms with Gasteiger partial charge < -0.3 is 10.6 Å². The number of nitrogens with zero attached hydrogens (tertiary/aromatic N) is 1. The van der Waals surface area contributed by atoms with Crippen LogP contribution in [0.3, 0.4) is 0 Å². The molecule has 3 nitrogen and oxygen atoms in total. The number of halogens is 1. The van der Waals surface area contributed by atoms with Crippen molar-refractivity contribution in [2.45, 2.75) is 32.2 Å². The molecule has 0 fully saturated rings. The molecule has 18 heavy (non-hydrogen) atoms. The Kier molecular flexibility index (Phi) is 6.16. The minimum atomic E-state index is 0.0362. The van der Waals surface area contributed by atoms with Crippen molar-refractivity contribution in [2.24, 2.45) is 5.73 Å². The topological polar surface area (TPSA) is 46.3 Å². The van der Waals surface area contributed by atoms with Crippen molar-refractivity contribution in [3.8, 4) is 0 Å². The first-order valence-corrected chi connectivity index (χ1v) is 6.65. The number of unbranched alkanes of at least 4 members (excludes halogenated alkanes) is 1. The van der Waals surface area contributed by atoms with Gasteiger partial charge in [-0.1, -0.05) is 23.7 Å². The Labute approximate surface area is 114 Å². The van der Waals surface area contributed by atoms with Gasteiger partial charge in [0, 0.05) is 18.5 Å². The zero-order chi connectivity index (χ0) is 13.5. The van der Waals surface area contributed by atoms with Crippen LogP contribution in [-0.2, 0) is 4.79 Å². The molecule has 4 heteroatoms. The Morgan fingerprint density at radius 1 is 1.44 bits per heavy atom. The fourth-order valence-corrected chi connectivity index (χ4v) is 2.00. The standard InChI is InChI=1S/C14H21ClN2O/c1-11(12-6-5-7-13(15)10-12)17(2)14(18)8-3-4-9-16/h5-7,10-11H,3-4,8-9,16H2,1-2H3. The lowest BCUT2D eigenvalue weighted by Crippen LogP contribution is -2.29. The minimum Gasteiger partial charge on any atom is -0.339 e. The highest BCUT2D eigenvalue weighted by molar-refractivity contribution is 6.30. The number of carbonyl (C=O) groups is 1. The van der Waals surface area contributed by atoms with Crippen LogP contribution in [0.4, 0.5) is 0 Å². The lowest BCUT2D eigenvalue weighted by atomic mass is 10.1. The predicted molar refractivity (Wildman–Crippen MR) is 75.5 cm³/mol. The van der Waals surface area contributed by atoms with Crippen molar-refractivity contribution >= 4 is 17.5 Å². The zero-order valence-electron chi connectivity index (χ0n) is 11.0. The first-order valence-electron chi connectivity index (χ1n) is 6.27. The van der Waals surface area contributed by atoms with Crippen LogP contribution in [0.15, 0.2) is 24.3 Å². The third-order valence-electron chi connectivity index (χ3n) is 3.15. The zero-order valence-corrected chi connectivity index (χ0v) is 11.8. The van der Waals surface area contributed by atoms with Crippen molar-refractivity contribution in [3.63, 3.8) is 0 Å². The Morgan fingerprint density at radius 2 is 2.17 bits per heavy atom. The van der Waals surface area contributed by atoms with Crippen molar-refractivity contribution in [2.75, 3.05) is 13.6 Å². The third-order valence-corrected chi connectivity index (χ3v) is 3.39. The number of nitrogens with two attached hydrogens (primary N) is 1. The Bertz CT molecular complexity index is 395. The molecule has 1 atom stereocenters. The third kappa shape index (κ3) is 4.31. The molecule has 0 radical (unpaired) electrons. The van der Waals surface area contributed by atoms with E-state index in [1.165, 1.54) is 0 Å². The van der Waals surface area contributed by atoms with Gasteiger partial charge in [-0.2, -0.15) is 0 Å². The summed E-state index contributed by atoms with van der Waals surface area (Å²) in [6.07, 6.45) is 2.30. The molecule has 0 aliphatic heterocycles. The van der Waals surface area contributed by atoms with Gasteiger partial charge in [0.05, 0.1) is 6.04 Å². The lowest BCUT2D eigenvalue weighted by Gasteiger charge is -2.25. The second-order valence-corrected chi connectivity index (χ2v) is 4.92. The van der Waals surface area contributed by atoms with Crippen molar-refractivity contribution in [1.82, 2.24) is 4.90 Å². The maximum atomic E-state index is 12.0. The van der Waals surface area contributed by atoms with E-state index in [1.807, 2.05) is 38.2 Å². The number of amides is 1. The van der Waals surface area contributed by atoms with Crippen LogP contribution in [0.25, 0.3) is 0 Å². The van der Waals surface area contributed by atoms with Gasteiger partial charge in [-0.05, 0) is 44.0 Å². The van der Waals surface area contributed by atoms with Crippen LogP contribution < -0.4 is 5.73 Å². The molecule has 100 valence electrons. The van der Waals surface area contributed by atoms with E-state index in [4.69, 9.17) is 17.3 Å². The molecular weight excluding hydrogens is 248 g/mol. The van der Waals surface area contributed by atoms with Crippen LogP contribution >= 0.6 is 11.6 Å². The van der Waals surface area contributed by atoms with Crippen LogP contribution in [0, 0.1) is 0 Å². The summed E-state index contributed by atoms with van der Waals surface area (Å²) in [4.78, 5) is 13.7. The molecule has 0 aliphatic rings. The molecule has 0 saturated heterocycles. The van der Waals surface area contributed by atoms with E-state index in [0.717, 1.165) is 18.4 Å². The Hall–Kier alpha value is -1.06. The highest BCUT2D eigenvalue weighted by Gasteiger charge is 2.16. The molecule has 0 aliphatic carbocycles. The van der Waals surface area contributed by atoms with E-state index < -0.39 is 0 Å². The van der Waals surface area contributed by atoms with Gasteiger partial charge >= 0.3 is 0 Å². The maximum absolute atomic E-state index is 12.0. The second-order valence-electron chi connectivity index (χ2n) is 4.48. The molecule has 0 bridgehead atoms. The summed E-state index contributed by atoms with van der Waals surface area (Å²) in [5, 5.41) is 0.698. The minimum absolute atomic E-state index is 0.0362. The molecule has 1 aromatic rings. The van der Waals surface area contributed by atoms with Gasteiger partial charge in [0.1, 0.15) is 0 Å². The second kappa shape index (κ2) is 7.39. The molecule has 1 amide bonds. The average molecular weight is 269 g/mol. The van der Waals surface area contributed by atoms with E-state index in [1.54, 1.807) is 4.90 Å². The number of hydrogen-bond acceptors (Lipinski definition) is 2. The van der Waals surface area contributed by atoms with Gasteiger partial charge in [-0.15, -0.1) is 0 Å². The van der Waals surface area contributed by atoms with Gasteiger partial charge in [0.2, 0.25) is 5.91 Å². The maximum Gasteiger partial charge on any atom is 0.222 e. The SMILES string of the molecule is CC(c1cccc(Cl)c1)N(C)C(=O)CCCCN. The smallest absolute Gasteiger partial charge is 0.222 e. The average Bonchev–Trinajstić information content (AvgIpc) is 2.37. The summed E-state index contributed by atoms with van der Waals surface area (Å²) in [6.45, 7) is 2.65. The predicted octanol–water partition coefficient (Wildman–Crippen LogP) is 2.99. The number of carbonyl (C=O) groups excluding carboxylic acids is 1. The van der Waals surface area contributed by atoms with Gasteiger partial charge in [0.25, 0.3) is 0 Å². The van der Waals surface area contributed by atoms with Crippen molar-refractivity contribution < 1.29 is 4.79 Å². The summed E-state index contributed by atoms with van der Waals surface area (Å²) in [5.41, 5.74) is 6.47. The normalized spacial score (nSPS) is 12.2. The Morgan fingerprint density at radius 3 is 2.78 bits per heavy atom. The Balaban J connectivity index is 2.60. The number of rotatable bonds is 6. The van der Waals surface area contributed by atoms with Crippen LogP contribution in [0.2, 0.25) is 5.02 Å². The summed E-state index contributed by atoms with van der Waals surface area (Å²) in [5.74, 6) is 0.149. The van der Waals surface area contributed by atoms with Crippen LogP contribution in [-0.4, -0.2) is 24.4 Å². The summed E-state index contributed by atoms with van der Waals surface area (Å²) < 4.78 is 0. The van der Waals surface area contributed by atoms with E-state index in [2.05, 4.69) is 0 Å². The van der Waals surface area contributed by atoms with Gasteiger partial charge in [0.15, 0.2) is 0 Å². The van der Waals surface area contributed by atoms with Gasteiger partial charge in [-0.25, -0.2) is 0 Å². The molecule has 0 aromatic heterocycles. The summed E-state index contributed by atoms with van der Waals surface area (Å²) in [6, 6.07) is 7.66. The van der Waals surface area contributed by atoms with Crippen LogP contribution in [0.1, 0.15) is 37.8 Å². The summed E-state index contributed by atoms with van der Waals surface area (Å²) in [7, 11) is 1.83. The molecule has 1 unspecified atom stereocenters. The first-order chi connectivity index (χ1) is 8.56. The quantitative estimate of drug-likeness (QED) is 0.806. The highest BCUT2D eigenvalue weighted by atomic mass is 35.5. The molecule has 0 saturated carbocycles. The number of hydrogen-bond donors (Lipinski definition) is 1. The van der Waals surface area contributed by atoms with E-state index in [-0.39, 0.29) is 11.9 Å². The monoisotopic (exact) mass is 268 g/mol. The highest BCUT2D eigenvalue weighted by Crippen LogP contribution is 2.22. The largest absolute Gasteiger partial charge is 0.339 e. The van der Waals surface area contributed by atoms with Crippen molar-refractivity contribution in [1.29, 1.82) is 0 Å². The van der Waals surface area contributed by atoms with E-state index in [9.17, 15) is 4.79 Å². The fraction of sp³-hybridized carbons (Fsp3) is 0.500. The molecule has 2 N–H and O–H groups in total. The molecule has 1 aromatic carbocycles. The van der Waals surface area contributed by atoms with Crippen LogP contribution in [0.5, 0.6) is 0 Å². The fourth-order valence-electron chi connectivity index (χ4n) is 1.80. The lowest BCUT2D eigenvalue weighted by molar-refractivity contribution is -0.131. The van der Waals surface area contributed by atoms with E-state index in [0.29, 0.717) is 18.0 Å². The molecule has 0 heterocycles.